The van der Waals surface area contributed by atoms with Crippen LogP contribution < -0.4 is 0 Å². The summed E-state index contributed by atoms with van der Waals surface area (Å²) in [5.41, 5.74) is 0. The van der Waals surface area contributed by atoms with E-state index in [4.69, 9.17) is 4.74 Å². The third-order valence-electron chi connectivity index (χ3n) is 1.95. The molecule has 0 heterocycles. The summed E-state index contributed by atoms with van der Waals surface area (Å²) in [5.74, 6) is 0. The van der Waals surface area contributed by atoms with Crippen LogP contribution in [0, 0.1) is 0 Å². The largest absolute Gasteiger partial charge is 0.393 e. The standard InChI is InChI=1S/C9H20O2/c1-4-6-8(10)7-9(5-2)11-3/h8-10H,4-7H2,1-3H3. The molecule has 0 aliphatic rings. The van der Waals surface area contributed by atoms with Gasteiger partial charge in [0, 0.05) is 7.11 Å². The monoisotopic (exact) mass is 160 g/mol. The predicted octanol–water partition coefficient (Wildman–Crippen LogP) is 1.96. The highest BCUT2D eigenvalue weighted by Crippen LogP contribution is 2.09. The Morgan fingerprint density at radius 3 is 2.36 bits per heavy atom. The minimum Gasteiger partial charge on any atom is -0.393 e. The average molecular weight is 160 g/mol. The second-order valence-corrected chi connectivity index (χ2v) is 2.94. The molecule has 0 saturated carbocycles. The number of aliphatic hydroxyl groups excluding tert-OH is 1. The Bertz CT molecular complexity index is 79.6. The molecule has 0 aliphatic carbocycles. The van der Waals surface area contributed by atoms with Crippen molar-refractivity contribution >= 4 is 0 Å². The van der Waals surface area contributed by atoms with Crippen LogP contribution in [-0.2, 0) is 4.74 Å². The first kappa shape index (κ1) is 10.9. The summed E-state index contributed by atoms with van der Waals surface area (Å²) in [6.45, 7) is 4.16. The van der Waals surface area contributed by atoms with Crippen molar-refractivity contribution in [3.8, 4) is 0 Å². The minimum absolute atomic E-state index is 0.176. The number of aliphatic hydroxyl groups is 1. The molecule has 2 nitrogen and oxygen atoms in total. The van der Waals surface area contributed by atoms with Gasteiger partial charge in [-0.3, -0.25) is 0 Å². The van der Waals surface area contributed by atoms with E-state index in [2.05, 4.69) is 13.8 Å². The third kappa shape index (κ3) is 5.22. The summed E-state index contributed by atoms with van der Waals surface area (Å²) >= 11 is 0. The lowest BCUT2D eigenvalue weighted by Gasteiger charge is -2.16. The van der Waals surface area contributed by atoms with E-state index in [1.807, 2.05) is 0 Å². The van der Waals surface area contributed by atoms with Gasteiger partial charge in [0.1, 0.15) is 0 Å². The molecule has 2 atom stereocenters. The summed E-state index contributed by atoms with van der Waals surface area (Å²) in [4.78, 5) is 0. The number of hydrogen-bond acceptors (Lipinski definition) is 2. The van der Waals surface area contributed by atoms with Crippen LogP contribution in [0.5, 0.6) is 0 Å². The molecule has 0 fully saturated rings. The van der Waals surface area contributed by atoms with Gasteiger partial charge < -0.3 is 9.84 Å². The first-order valence-corrected chi connectivity index (χ1v) is 4.45. The Labute approximate surface area is 69.6 Å². The molecule has 0 aliphatic heterocycles. The molecule has 1 N–H and O–H groups in total. The Morgan fingerprint density at radius 1 is 1.36 bits per heavy atom. The molecule has 0 bridgehead atoms. The van der Waals surface area contributed by atoms with Crippen LogP contribution in [0.15, 0.2) is 0 Å². The lowest BCUT2D eigenvalue weighted by Crippen LogP contribution is -2.18. The van der Waals surface area contributed by atoms with Crippen LogP contribution in [0.3, 0.4) is 0 Å². The number of rotatable bonds is 6. The molecule has 0 aromatic rings. The lowest BCUT2D eigenvalue weighted by atomic mass is 10.1. The van der Waals surface area contributed by atoms with Crippen molar-refractivity contribution < 1.29 is 9.84 Å². The molecule has 68 valence electrons. The second kappa shape index (κ2) is 6.62. The molecule has 0 aromatic heterocycles. The first-order chi connectivity index (χ1) is 5.24. The zero-order chi connectivity index (χ0) is 8.69. The fraction of sp³-hybridized carbons (Fsp3) is 1.00. The van der Waals surface area contributed by atoms with Gasteiger partial charge in [0.25, 0.3) is 0 Å². The highest BCUT2D eigenvalue weighted by atomic mass is 16.5. The Morgan fingerprint density at radius 2 is 2.00 bits per heavy atom. The highest BCUT2D eigenvalue weighted by molar-refractivity contribution is 4.62. The fourth-order valence-corrected chi connectivity index (χ4v) is 1.18. The van der Waals surface area contributed by atoms with E-state index in [1.54, 1.807) is 7.11 Å². The molecule has 2 unspecified atom stereocenters. The Kier molecular flexibility index (Phi) is 6.57. The quantitative estimate of drug-likeness (QED) is 0.643. The Hall–Kier alpha value is -0.0800. The Balaban J connectivity index is 3.44. The van der Waals surface area contributed by atoms with Gasteiger partial charge in [-0.1, -0.05) is 20.3 Å². The SMILES string of the molecule is CCCC(O)CC(CC)OC. The molecule has 0 rings (SSSR count). The van der Waals surface area contributed by atoms with E-state index in [0.29, 0.717) is 0 Å². The van der Waals surface area contributed by atoms with Crippen LogP contribution in [-0.4, -0.2) is 24.4 Å². The molecule has 0 spiro atoms. The van der Waals surface area contributed by atoms with Crippen molar-refractivity contribution in [2.75, 3.05) is 7.11 Å². The van der Waals surface area contributed by atoms with E-state index in [9.17, 15) is 5.11 Å². The van der Waals surface area contributed by atoms with Gasteiger partial charge in [-0.2, -0.15) is 0 Å². The van der Waals surface area contributed by atoms with Gasteiger partial charge in [0.05, 0.1) is 12.2 Å². The highest BCUT2D eigenvalue weighted by Gasteiger charge is 2.10. The van der Waals surface area contributed by atoms with E-state index < -0.39 is 0 Å². The van der Waals surface area contributed by atoms with Crippen LogP contribution in [0.1, 0.15) is 39.5 Å². The molecule has 2 heteroatoms. The maximum absolute atomic E-state index is 9.40. The van der Waals surface area contributed by atoms with Crippen molar-refractivity contribution in [1.29, 1.82) is 0 Å². The van der Waals surface area contributed by atoms with E-state index in [-0.39, 0.29) is 12.2 Å². The molecular formula is C9H20O2. The minimum atomic E-state index is -0.176. The zero-order valence-electron chi connectivity index (χ0n) is 7.84. The first-order valence-electron chi connectivity index (χ1n) is 4.45. The van der Waals surface area contributed by atoms with Crippen molar-refractivity contribution in [3.63, 3.8) is 0 Å². The second-order valence-electron chi connectivity index (χ2n) is 2.94. The molecule has 0 amide bonds. The predicted molar refractivity (Wildman–Crippen MR) is 46.6 cm³/mol. The van der Waals surface area contributed by atoms with Gasteiger partial charge >= 0.3 is 0 Å². The molecule has 0 radical (unpaired) electrons. The topological polar surface area (TPSA) is 29.5 Å². The van der Waals surface area contributed by atoms with Crippen LogP contribution in [0.2, 0.25) is 0 Å². The van der Waals surface area contributed by atoms with Gasteiger partial charge in [-0.25, -0.2) is 0 Å². The average Bonchev–Trinajstić information content (AvgIpc) is 2.01. The number of hydrogen-bond donors (Lipinski definition) is 1. The number of methoxy groups -OCH3 is 1. The summed E-state index contributed by atoms with van der Waals surface area (Å²) in [5, 5.41) is 9.40. The maximum Gasteiger partial charge on any atom is 0.0593 e. The number of ether oxygens (including phenoxy) is 1. The summed E-state index contributed by atoms with van der Waals surface area (Å²) < 4.78 is 5.16. The fourth-order valence-electron chi connectivity index (χ4n) is 1.18. The molecule has 0 aromatic carbocycles. The van der Waals surface area contributed by atoms with Crippen molar-refractivity contribution in [1.82, 2.24) is 0 Å². The third-order valence-corrected chi connectivity index (χ3v) is 1.95. The van der Waals surface area contributed by atoms with Crippen molar-refractivity contribution in [2.24, 2.45) is 0 Å². The molecular weight excluding hydrogens is 140 g/mol. The van der Waals surface area contributed by atoms with Crippen LogP contribution >= 0.6 is 0 Å². The maximum atomic E-state index is 9.40. The normalized spacial score (nSPS) is 16.4. The van der Waals surface area contributed by atoms with Gasteiger partial charge in [-0.15, -0.1) is 0 Å². The van der Waals surface area contributed by atoms with E-state index in [1.165, 1.54) is 0 Å². The van der Waals surface area contributed by atoms with Crippen LogP contribution in [0.25, 0.3) is 0 Å². The van der Waals surface area contributed by atoms with Crippen molar-refractivity contribution in [2.45, 2.75) is 51.7 Å². The smallest absolute Gasteiger partial charge is 0.0593 e. The van der Waals surface area contributed by atoms with E-state index >= 15 is 0 Å². The van der Waals surface area contributed by atoms with Gasteiger partial charge in [0.2, 0.25) is 0 Å². The summed E-state index contributed by atoms with van der Waals surface area (Å²) in [6, 6.07) is 0. The van der Waals surface area contributed by atoms with E-state index in [0.717, 1.165) is 25.7 Å². The summed E-state index contributed by atoms with van der Waals surface area (Å²) in [7, 11) is 1.70. The van der Waals surface area contributed by atoms with Crippen molar-refractivity contribution in [3.05, 3.63) is 0 Å². The molecule has 11 heavy (non-hydrogen) atoms. The summed E-state index contributed by atoms with van der Waals surface area (Å²) in [6.07, 6.45) is 3.75. The zero-order valence-corrected chi connectivity index (χ0v) is 7.84. The lowest BCUT2D eigenvalue weighted by molar-refractivity contribution is 0.0400. The van der Waals surface area contributed by atoms with Gasteiger partial charge in [0.15, 0.2) is 0 Å². The van der Waals surface area contributed by atoms with Crippen LogP contribution in [0.4, 0.5) is 0 Å². The van der Waals surface area contributed by atoms with Gasteiger partial charge in [-0.05, 0) is 19.3 Å². The molecule has 0 saturated heterocycles.